The highest BCUT2D eigenvalue weighted by molar-refractivity contribution is 6.44. The molecular weight excluding hydrogens is 377 g/mol. The Morgan fingerprint density at radius 2 is 1.76 bits per heavy atom. The molecule has 1 aromatic heterocycles. The van der Waals surface area contributed by atoms with Crippen LogP contribution in [0.25, 0.3) is 5.69 Å². The number of nitrogens with one attached hydrogen (secondary N) is 1. The summed E-state index contributed by atoms with van der Waals surface area (Å²) in [4.78, 5) is 28.3. The van der Waals surface area contributed by atoms with E-state index in [9.17, 15) is 14.0 Å². The van der Waals surface area contributed by atoms with Gasteiger partial charge in [-0.2, -0.15) is 10.2 Å². The van der Waals surface area contributed by atoms with Gasteiger partial charge < -0.3 is 11.1 Å². The fourth-order valence-electron chi connectivity index (χ4n) is 2.94. The number of halogens is 1. The summed E-state index contributed by atoms with van der Waals surface area (Å²) >= 11 is 0. The van der Waals surface area contributed by atoms with E-state index in [1.165, 1.54) is 35.6 Å². The lowest BCUT2D eigenvalue weighted by atomic mass is 10.1. The number of primary amides is 1. The molecule has 0 saturated heterocycles. The Labute approximate surface area is 164 Å². The molecule has 2 heterocycles. The number of aromatic nitrogens is 3. The third-order valence-electron chi connectivity index (χ3n) is 4.40. The Bertz CT molecular complexity index is 1060. The molecule has 2 amide bonds. The van der Waals surface area contributed by atoms with Crippen LogP contribution in [0.15, 0.2) is 66.3 Å². The molecule has 1 atom stereocenters. The Morgan fingerprint density at radius 3 is 2.38 bits per heavy atom. The van der Waals surface area contributed by atoms with E-state index >= 15 is 0 Å². The number of hydrogen-bond donors (Lipinski definition) is 2. The summed E-state index contributed by atoms with van der Waals surface area (Å²) in [6.07, 6.45) is 3.04. The number of rotatable bonds is 5. The number of benzene rings is 2. The number of hydrazone groups is 1. The molecule has 0 bridgehead atoms. The van der Waals surface area contributed by atoms with Crippen LogP contribution >= 0.6 is 0 Å². The molecule has 146 valence electrons. The van der Waals surface area contributed by atoms with Gasteiger partial charge in [0.15, 0.2) is 0 Å². The highest BCUT2D eigenvalue weighted by Gasteiger charge is 2.35. The van der Waals surface area contributed by atoms with Gasteiger partial charge in [0.25, 0.3) is 5.91 Å². The lowest BCUT2D eigenvalue weighted by Gasteiger charge is -2.20. The highest BCUT2D eigenvalue weighted by Crippen LogP contribution is 2.25. The van der Waals surface area contributed by atoms with E-state index < -0.39 is 23.7 Å². The molecule has 2 aromatic carbocycles. The zero-order valence-electron chi connectivity index (χ0n) is 15.1. The van der Waals surface area contributed by atoms with Crippen LogP contribution in [0.5, 0.6) is 0 Å². The average Bonchev–Trinajstić information content (AvgIpc) is 3.39. The van der Waals surface area contributed by atoms with Crippen LogP contribution in [0, 0.1) is 5.82 Å². The first-order chi connectivity index (χ1) is 14.0. The molecule has 3 N–H and O–H groups in total. The summed E-state index contributed by atoms with van der Waals surface area (Å²) < 4.78 is 14.8. The summed E-state index contributed by atoms with van der Waals surface area (Å²) in [7, 11) is 0. The van der Waals surface area contributed by atoms with Crippen LogP contribution in [0.3, 0.4) is 0 Å². The lowest BCUT2D eigenvalue weighted by molar-refractivity contribution is -0.119. The zero-order chi connectivity index (χ0) is 20.4. The van der Waals surface area contributed by atoms with Crippen molar-refractivity contribution in [3.05, 3.63) is 67.0 Å². The Balaban J connectivity index is 1.51. The molecule has 1 aliphatic heterocycles. The monoisotopic (exact) mass is 393 g/mol. The van der Waals surface area contributed by atoms with E-state index in [1.807, 2.05) is 0 Å². The van der Waals surface area contributed by atoms with Crippen molar-refractivity contribution < 1.29 is 14.0 Å². The topological polar surface area (TPSA) is 118 Å². The number of nitrogens with zero attached hydrogens (tertiary/aromatic N) is 5. The molecule has 10 heteroatoms. The van der Waals surface area contributed by atoms with Crippen LogP contribution in [0.4, 0.5) is 15.8 Å². The predicted octanol–water partition coefficient (Wildman–Crippen LogP) is 1.47. The molecule has 0 saturated carbocycles. The maximum Gasteiger partial charge on any atom is 0.271 e. The van der Waals surface area contributed by atoms with Gasteiger partial charge in [0, 0.05) is 12.1 Å². The van der Waals surface area contributed by atoms with Crippen molar-refractivity contribution in [2.75, 3.05) is 10.3 Å². The SMILES string of the molecule is NC(=O)C1CC(C(=O)Nc2ccc(-n3cncn3)cc2)=NN1c1ccc(F)cc1. The number of hydrogen-bond acceptors (Lipinski definition) is 6. The van der Waals surface area contributed by atoms with E-state index in [1.54, 1.807) is 35.3 Å². The maximum absolute atomic E-state index is 13.2. The number of carbonyl (C=O) groups is 2. The average molecular weight is 393 g/mol. The second-order valence-electron chi connectivity index (χ2n) is 6.33. The molecule has 3 aromatic rings. The quantitative estimate of drug-likeness (QED) is 0.680. The standard InChI is InChI=1S/C19H16FN7O2/c20-12-1-5-15(6-2-12)27-17(18(21)28)9-16(25-27)19(29)24-13-3-7-14(8-4-13)26-11-22-10-23-26/h1-8,10-11,17H,9H2,(H2,21,28)(H,24,29). The van der Waals surface area contributed by atoms with Crippen molar-refractivity contribution in [3.63, 3.8) is 0 Å². The largest absolute Gasteiger partial charge is 0.368 e. The molecule has 0 fully saturated rings. The number of anilines is 2. The van der Waals surface area contributed by atoms with Crippen LogP contribution in [0.1, 0.15) is 6.42 Å². The Kier molecular flexibility index (Phi) is 4.73. The van der Waals surface area contributed by atoms with Crippen LogP contribution in [0.2, 0.25) is 0 Å². The molecule has 0 radical (unpaired) electrons. The zero-order valence-corrected chi connectivity index (χ0v) is 15.1. The number of carbonyl (C=O) groups excluding carboxylic acids is 2. The van der Waals surface area contributed by atoms with Crippen LogP contribution in [-0.2, 0) is 9.59 Å². The molecular formula is C19H16FN7O2. The second-order valence-corrected chi connectivity index (χ2v) is 6.33. The van der Waals surface area contributed by atoms with Crippen LogP contribution in [-0.4, -0.2) is 38.3 Å². The van der Waals surface area contributed by atoms with Crippen molar-refractivity contribution >= 4 is 28.9 Å². The lowest BCUT2D eigenvalue weighted by Crippen LogP contribution is -2.39. The molecule has 9 nitrogen and oxygen atoms in total. The fraction of sp³-hybridized carbons (Fsp3) is 0.105. The van der Waals surface area contributed by atoms with Gasteiger partial charge in [0.05, 0.1) is 11.4 Å². The van der Waals surface area contributed by atoms with Gasteiger partial charge in [-0.05, 0) is 48.5 Å². The summed E-state index contributed by atoms with van der Waals surface area (Å²) in [5.41, 5.74) is 7.42. The van der Waals surface area contributed by atoms with Gasteiger partial charge in [0.1, 0.15) is 30.2 Å². The molecule has 0 aliphatic carbocycles. The van der Waals surface area contributed by atoms with Gasteiger partial charge in [-0.15, -0.1) is 0 Å². The summed E-state index contributed by atoms with van der Waals surface area (Å²) in [5, 5.41) is 12.4. The van der Waals surface area contributed by atoms with Gasteiger partial charge in [0.2, 0.25) is 5.91 Å². The normalized spacial score (nSPS) is 15.8. The predicted molar refractivity (Wildman–Crippen MR) is 104 cm³/mol. The summed E-state index contributed by atoms with van der Waals surface area (Å²) in [6, 6.07) is 11.6. The minimum absolute atomic E-state index is 0.0512. The van der Waals surface area contributed by atoms with Gasteiger partial charge in [-0.25, -0.2) is 14.1 Å². The van der Waals surface area contributed by atoms with Crippen molar-refractivity contribution in [1.82, 2.24) is 14.8 Å². The molecule has 1 aliphatic rings. The minimum Gasteiger partial charge on any atom is -0.368 e. The Morgan fingerprint density at radius 1 is 1.07 bits per heavy atom. The van der Waals surface area contributed by atoms with Crippen molar-refractivity contribution in [3.8, 4) is 5.69 Å². The molecule has 4 rings (SSSR count). The first-order valence-corrected chi connectivity index (χ1v) is 8.69. The molecule has 1 unspecified atom stereocenters. The maximum atomic E-state index is 13.2. The minimum atomic E-state index is -0.823. The van der Waals surface area contributed by atoms with E-state index in [0.29, 0.717) is 11.4 Å². The summed E-state index contributed by atoms with van der Waals surface area (Å²) in [5.74, 6) is -1.49. The molecule has 0 spiro atoms. The first-order valence-electron chi connectivity index (χ1n) is 8.69. The summed E-state index contributed by atoms with van der Waals surface area (Å²) in [6.45, 7) is 0. The van der Waals surface area contributed by atoms with Gasteiger partial charge >= 0.3 is 0 Å². The highest BCUT2D eigenvalue weighted by atomic mass is 19.1. The van der Waals surface area contributed by atoms with Crippen LogP contribution < -0.4 is 16.1 Å². The third kappa shape index (κ3) is 3.81. The third-order valence-corrected chi connectivity index (χ3v) is 4.40. The first kappa shape index (κ1) is 18.3. The van der Waals surface area contributed by atoms with Gasteiger partial charge in [-0.3, -0.25) is 14.6 Å². The fourth-order valence-corrected chi connectivity index (χ4v) is 2.94. The van der Waals surface area contributed by atoms with E-state index in [4.69, 9.17) is 5.73 Å². The smallest absolute Gasteiger partial charge is 0.271 e. The number of amides is 2. The van der Waals surface area contributed by atoms with E-state index in [2.05, 4.69) is 20.5 Å². The Hall–Kier alpha value is -4.08. The van der Waals surface area contributed by atoms with Crippen molar-refractivity contribution in [2.45, 2.75) is 12.5 Å². The van der Waals surface area contributed by atoms with E-state index in [-0.39, 0.29) is 12.1 Å². The molecule has 29 heavy (non-hydrogen) atoms. The van der Waals surface area contributed by atoms with Gasteiger partial charge in [-0.1, -0.05) is 0 Å². The second kappa shape index (κ2) is 7.50. The van der Waals surface area contributed by atoms with Crippen molar-refractivity contribution in [2.24, 2.45) is 10.8 Å². The number of nitrogens with two attached hydrogens (primary N) is 1. The van der Waals surface area contributed by atoms with Crippen molar-refractivity contribution in [1.29, 1.82) is 0 Å². The van der Waals surface area contributed by atoms with E-state index in [0.717, 1.165) is 5.69 Å².